The molecule has 3 aromatic rings. The van der Waals surface area contributed by atoms with Crippen LogP contribution in [0.1, 0.15) is 46.1 Å². The lowest BCUT2D eigenvalue weighted by atomic mass is 9.90. The van der Waals surface area contributed by atoms with Crippen LogP contribution in [0.5, 0.6) is 0 Å². The van der Waals surface area contributed by atoms with Crippen LogP contribution in [0.15, 0.2) is 55.1 Å². The molecule has 2 aromatic heterocycles. The first-order chi connectivity index (χ1) is 12.8. The van der Waals surface area contributed by atoms with Crippen LogP contribution in [0.3, 0.4) is 0 Å². The SMILES string of the molecule is O=C(c1cnccn1)N1CCC[C@H](c2[nH]ncc2Cc2ccccc2)C1. The number of likely N-dealkylation sites (tertiary alicyclic amines) is 1. The minimum absolute atomic E-state index is 0.0491. The Labute approximate surface area is 152 Å². The van der Waals surface area contributed by atoms with Crippen LogP contribution in [-0.4, -0.2) is 44.1 Å². The summed E-state index contributed by atoms with van der Waals surface area (Å²) in [7, 11) is 0. The van der Waals surface area contributed by atoms with Crippen molar-refractivity contribution < 1.29 is 4.79 Å². The molecule has 26 heavy (non-hydrogen) atoms. The first kappa shape index (κ1) is 16.4. The number of benzene rings is 1. The number of carbonyl (C=O) groups excluding carboxylic acids is 1. The Bertz CT molecular complexity index is 862. The van der Waals surface area contributed by atoms with E-state index in [-0.39, 0.29) is 11.8 Å². The number of piperidine rings is 1. The smallest absolute Gasteiger partial charge is 0.274 e. The molecular weight excluding hydrogens is 326 g/mol. The van der Waals surface area contributed by atoms with Gasteiger partial charge in [-0.2, -0.15) is 5.10 Å². The molecule has 1 N–H and O–H groups in total. The molecule has 0 radical (unpaired) electrons. The van der Waals surface area contributed by atoms with Crippen LogP contribution in [0.2, 0.25) is 0 Å². The van der Waals surface area contributed by atoms with Gasteiger partial charge in [-0.3, -0.25) is 14.9 Å². The molecule has 1 aliphatic heterocycles. The maximum absolute atomic E-state index is 12.7. The van der Waals surface area contributed by atoms with Crippen molar-refractivity contribution >= 4 is 5.91 Å². The lowest BCUT2D eigenvalue weighted by molar-refractivity contribution is 0.0699. The molecule has 0 unspecified atom stereocenters. The third kappa shape index (κ3) is 3.49. The second-order valence-electron chi connectivity index (χ2n) is 6.65. The molecule has 1 aromatic carbocycles. The predicted molar refractivity (Wildman–Crippen MR) is 97.7 cm³/mol. The minimum Gasteiger partial charge on any atom is -0.337 e. The number of amides is 1. The van der Waals surface area contributed by atoms with Gasteiger partial charge in [0.15, 0.2) is 0 Å². The van der Waals surface area contributed by atoms with Crippen LogP contribution in [0.4, 0.5) is 0 Å². The van der Waals surface area contributed by atoms with Gasteiger partial charge in [0.1, 0.15) is 5.69 Å². The normalized spacial score (nSPS) is 17.2. The van der Waals surface area contributed by atoms with Crippen LogP contribution >= 0.6 is 0 Å². The van der Waals surface area contributed by atoms with E-state index in [1.165, 1.54) is 17.3 Å². The number of aromatic amines is 1. The quantitative estimate of drug-likeness (QED) is 0.787. The molecule has 1 saturated heterocycles. The number of rotatable bonds is 4. The molecule has 1 amide bonds. The molecule has 0 spiro atoms. The van der Waals surface area contributed by atoms with E-state index in [0.717, 1.165) is 31.5 Å². The number of nitrogens with one attached hydrogen (secondary N) is 1. The minimum atomic E-state index is -0.0491. The molecule has 132 valence electrons. The van der Waals surface area contributed by atoms with Gasteiger partial charge >= 0.3 is 0 Å². The standard InChI is InChI=1S/C20H21N5O/c26-20(18-13-21-8-9-22-18)25-10-4-7-16(14-25)19-17(12-23-24-19)11-15-5-2-1-3-6-15/h1-3,5-6,8-9,12-13,16H,4,7,10-11,14H2,(H,23,24)/t16-/m0/s1. The third-order valence-electron chi connectivity index (χ3n) is 4.89. The zero-order valence-corrected chi connectivity index (χ0v) is 14.5. The van der Waals surface area contributed by atoms with Gasteiger partial charge in [-0.15, -0.1) is 0 Å². The van der Waals surface area contributed by atoms with Crippen molar-refractivity contribution in [3.05, 3.63) is 77.6 Å². The number of carbonyl (C=O) groups is 1. The highest BCUT2D eigenvalue weighted by Gasteiger charge is 2.28. The maximum Gasteiger partial charge on any atom is 0.274 e. The van der Waals surface area contributed by atoms with E-state index >= 15 is 0 Å². The summed E-state index contributed by atoms with van der Waals surface area (Å²) in [5, 5.41) is 7.45. The lowest BCUT2D eigenvalue weighted by Crippen LogP contribution is -2.39. The first-order valence-electron chi connectivity index (χ1n) is 8.92. The number of hydrogen-bond acceptors (Lipinski definition) is 4. The number of hydrogen-bond donors (Lipinski definition) is 1. The van der Waals surface area contributed by atoms with Gasteiger partial charge in [0, 0.05) is 43.5 Å². The summed E-state index contributed by atoms with van der Waals surface area (Å²) in [6.07, 6.45) is 9.45. The van der Waals surface area contributed by atoms with Crippen molar-refractivity contribution in [3.8, 4) is 0 Å². The Hall–Kier alpha value is -3.02. The molecule has 0 aliphatic carbocycles. The number of H-pyrrole nitrogens is 1. The van der Waals surface area contributed by atoms with Crippen molar-refractivity contribution in [2.45, 2.75) is 25.2 Å². The highest BCUT2D eigenvalue weighted by atomic mass is 16.2. The molecule has 1 fully saturated rings. The summed E-state index contributed by atoms with van der Waals surface area (Å²) < 4.78 is 0. The fourth-order valence-corrected chi connectivity index (χ4v) is 3.60. The van der Waals surface area contributed by atoms with Crippen LogP contribution in [0, 0.1) is 0 Å². The molecule has 4 rings (SSSR count). The summed E-state index contributed by atoms with van der Waals surface area (Å²) in [5.74, 6) is 0.220. The van der Waals surface area contributed by atoms with Gasteiger partial charge in [-0.1, -0.05) is 30.3 Å². The zero-order chi connectivity index (χ0) is 17.8. The first-order valence-corrected chi connectivity index (χ1v) is 8.92. The van der Waals surface area contributed by atoms with E-state index in [2.05, 4.69) is 44.4 Å². The van der Waals surface area contributed by atoms with Crippen molar-refractivity contribution in [2.24, 2.45) is 0 Å². The van der Waals surface area contributed by atoms with E-state index in [1.807, 2.05) is 17.2 Å². The average Bonchev–Trinajstić information content (AvgIpc) is 3.17. The van der Waals surface area contributed by atoms with E-state index in [4.69, 9.17) is 0 Å². The van der Waals surface area contributed by atoms with E-state index < -0.39 is 0 Å². The molecule has 1 aliphatic rings. The number of nitrogens with zero attached hydrogens (tertiary/aromatic N) is 4. The van der Waals surface area contributed by atoms with Crippen molar-refractivity contribution in [2.75, 3.05) is 13.1 Å². The molecule has 3 heterocycles. The molecule has 6 heteroatoms. The highest BCUT2D eigenvalue weighted by molar-refractivity contribution is 5.92. The third-order valence-corrected chi connectivity index (χ3v) is 4.89. The van der Waals surface area contributed by atoms with Gasteiger partial charge in [-0.25, -0.2) is 4.98 Å². The molecule has 1 atom stereocenters. The fraction of sp³-hybridized carbons (Fsp3) is 0.300. The van der Waals surface area contributed by atoms with Crippen molar-refractivity contribution in [3.63, 3.8) is 0 Å². The van der Waals surface area contributed by atoms with Gasteiger partial charge in [0.25, 0.3) is 5.91 Å². The second-order valence-corrected chi connectivity index (χ2v) is 6.65. The van der Waals surface area contributed by atoms with E-state index in [1.54, 1.807) is 12.4 Å². The van der Waals surface area contributed by atoms with Crippen LogP contribution in [0.25, 0.3) is 0 Å². The van der Waals surface area contributed by atoms with Crippen molar-refractivity contribution in [1.82, 2.24) is 25.1 Å². The highest BCUT2D eigenvalue weighted by Crippen LogP contribution is 2.29. The predicted octanol–water partition coefficient (Wildman–Crippen LogP) is 2.81. The molecular formula is C20H21N5O. The van der Waals surface area contributed by atoms with Gasteiger partial charge < -0.3 is 4.90 Å². The molecule has 0 saturated carbocycles. The summed E-state index contributed by atoms with van der Waals surface area (Å²) in [5.41, 5.74) is 4.02. The molecule has 6 nitrogen and oxygen atoms in total. The number of aromatic nitrogens is 4. The Morgan fingerprint density at radius 2 is 2.08 bits per heavy atom. The van der Waals surface area contributed by atoms with E-state index in [0.29, 0.717) is 12.2 Å². The maximum atomic E-state index is 12.7. The Morgan fingerprint density at radius 3 is 2.88 bits per heavy atom. The Morgan fingerprint density at radius 1 is 1.19 bits per heavy atom. The van der Waals surface area contributed by atoms with E-state index in [9.17, 15) is 4.79 Å². The fourth-order valence-electron chi connectivity index (χ4n) is 3.60. The Balaban J connectivity index is 1.50. The van der Waals surface area contributed by atoms with Crippen LogP contribution < -0.4 is 0 Å². The monoisotopic (exact) mass is 347 g/mol. The molecule has 0 bridgehead atoms. The van der Waals surface area contributed by atoms with Gasteiger partial charge in [0.2, 0.25) is 0 Å². The average molecular weight is 347 g/mol. The largest absolute Gasteiger partial charge is 0.337 e. The second kappa shape index (κ2) is 7.47. The zero-order valence-electron chi connectivity index (χ0n) is 14.5. The summed E-state index contributed by atoms with van der Waals surface area (Å²) in [6.45, 7) is 1.44. The summed E-state index contributed by atoms with van der Waals surface area (Å²) >= 11 is 0. The van der Waals surface area contributed by atoms with Crippen LogP contribution in [-0.2, 0) is 6.42 Å². The Kier molecular flexibility index (Phi) is 4.73. The summed E-state index contributed by atoms with van der Waals surface area (Å²) in [6, 6.07) is 10.4. The lowest BCUT2D eigenvalue weighted by Gasteiger charge is -2.32. The summed E-state index contributed by atoms with van der Waals surface area (Å²) in [4.78, 5) is 22.7. The van der Waals surface area contributed by atoms with Gasteiger partial charge in [0.05, 0.1) is 12.4 Å². The van der Waals surface area contributed by atoms with Crippen molar-refractivity contribution in [1.29, 1.82) is 0 Å². The van der Waals surface area contributed by atoms with Gasteiger partial charge in [-0.05, 0) is 24.0 Å². The topological polar surface area (TPSA) is 74.8 Å².